The SMILES string of the molecule is Cc1ccc2oc3c(c(=O)c2c1)C1(C(=O)N(Cc2ccc(Cl)cc2)c2ccccc21)N(c1nc(C)c(C)s1)C3=O. The third-order valence-electron chi connectivity index (χ3n) is 7.74. The Morgan fingerprint density at radius 3 is 2.45 bits per heavy atom. The van der Waals surface area contributed by atoms with Crippen LogP contribution in [-0.2, 0) is 16.9 Å². The fraction of sp³-hybridized carbons (Fsp3) is 0.161. The maximum atomic E-state index is 14.9. The summed E-state index contributed by atoms with van der Waals surface area (Å²) in [5.74, 6) is -1.12. The van der Waals surface area contributed by atoms with E-state index in [2.05, 4.69) is 4.98 Å². The molecule has 0 aliphatic carbocycles. The molecule has 1 spiro atoms. The number of nitrogens with zero attached hydrogens (tertiary/aromatic N) is 3. The highest BCUT2D eigenvalue weighted by Gasteiger charge is 2.66. The molecule has 3 aromatic carbocycles. The van der Waals surface area contributed by atoms with Crippen LogP contribution in [0.4, 0.5) is 10.8 Å². The lowest BCUT2D eigenvalue weighted by Crippen LogP contribution is -2.53. The molecule has 0 fully saturated rings. The van der Waals surface area contributed by atoms with Gasteiger partial charge in [0.2, 0.25) is 5.76 Å². The van der Waals surface area contributed by atoms with Crippen LogP contribution in [0.5, 0.6) is 0 Å². The summed E-state index contributed by atoms with van der Waals surface area (Å²) in [4.78, 5) is 52.1. The van der Waals surface area contributed by atoms with Crippen LogP contribution in [-0.4, -0.2) is 16.8 Å². The van der Waals surface area contributed by atoms with Crippen LogP contribution in [0, 0.1) is 20.8 Å². The number of para-hydroxylation sites is 1. The van der Waals surface area contributed by atoms with E-state index in [1.54, 1.807) is 35.2 Å². The molecule has 5 aromatic rings. The lowest BCUT2D eigenvalue weighted by atomic mass is 9.84. The number of carbonyl (C=O) groups excluding carboxylic acids is 2. The standard InChI is InChI=1S/C31H22ClN3O4S/c1-16-8-13-24-21(14-16)26(36)25-27(39-24)28(37)35(30-33-17(2)18(3)40-30)31(25)22-6-4-5-7-23(22)34(29(31)38)15-19-9-11-20(32)12-10-19/h4-14H,15H2,1-3H3. The van der Waals surface area contributed by atoms with Crippen molar-refractivity contribution >= 4 is 56.5 Å². The molecular weight excluding hydrogens is 546 g/mol. The number of thiazole rings is 1. The van der Waals surface area contributed by atoms with Crippen LogP contribution in [0.1, 0.15) is 43.4 Å². The normalized spacial score (nSPS) is 17.8. The van der Waals surface area contributed by atoms with Crippen LogP contribution in [0.25, 0.3) is 11.0 Å². The van der Waals surface area contributed by atoms with Crippen LogP contribution < -0.4 is 15.2 Å². The van der Waals surface area contributed by atoms with E-state index in [1.165, 1.54) is 16.2 Å². The van der Waals surface area contributed by atoms with Gasteiger partial charge in [-0.1, -0.05) is 53.6 Å². The summed E-state index contributed by atoms with van der Waals surface area (Å²) in [6.07, 6.45) is 0. The Morgan fingerprint density at radius 2 is 1.73 bits per heavy atom. The molecule has 198 valence electrons. The first-order valence-corrected chi connectivity index (χ1v) is 13.9. The predicted molar refractivity (Wildman–Crippen MR) is 155 cm³/mol. The maximum Gasteiger partial charge on any atom is 0.297 e. The first-order valence-electron chi connectivity index (χ1n) is 12.7. The van der Waals surface area contributed by atoms with Crippen molar-refractivity contribution < 1.29 is 14.0 Å². The van der Waals surface area contributed by atoms with E-state index in [0.717, 1.165) is 21.7 Å². The molecule has 40 heavy (non-hydrogen) atoms. The van der Waals surface area contributed by atoms with Gasteiger partial charge >= 0.3 is 0 Å². The van der Waals surface area contributed by atoms with Crippen molar-refractivity contribution in [2.24, 2.45) is 0 Å². The molecule has 2 aromatic heterocycles. The molecular formula is C31H22ClN3O4S. The third kappa shape index (κ3) is 3.23. The molecule has 0 bridgehead atoms. The number of halogens is 1. The lowest BCUT2D eigenvalue weighted by Gasteiger charge is -2.32. The van der Waals surface area contributed by atoms with E-state index in [9.17, 15) is 14.4 Å². The summed E-state index contributed by atoms with van der Waals surface area (Å²) in [7, 11) is 0. The minimum Gasteiger partial charge on any atom is -0.450 e. The summed E-state index contributed by atoms with van der Waals surface area (Å²) in [5.41, 5.74) is 1.75. The van der Waals surface area contributed by atoms with E-state index >= 15 is 0 Å². The molecule has 0 saturated carbocycles. The van der Waals surface area contributed by atoms with Gasteiger partial charge < -0.3 is 9.32 Å². The van der Waals surface area contributed by atoms with Crippen molar-refractivity contribution in [3.63, 3.8) is 0 Å². The number of anilines is 2. The zero-order chi connectivity index (χ0) is 27.9. The van der Waals surface area contributed by atoms with Crippen LogP contribution in [0.2, 0.25) is 5.02 Å². The minimum atomic E-state index is -1.77. The Labute approximate surface area is 238 Å². The number of hydrogen-bond donors (Lipinski definition) is 0. The molecule has 2 amide bonds. The molecule has 0 N–H and O–H groups in total. The highest BCUT2D eigenvalue weighted by atomic mass is 35.5. The summed E-state index contributed by atoms with van der Waals surface area (Å²) >= 11 is 7.42. The second-order valence-electron chi connectivity index (χ2n) is 10.2. The number of hydrogen-bond acceptors (Lipinski definition) is 6. The van der Waals surface area contributed by atoms with Crippen molar-refractivity contribution in [3.05, 3.63) is 121 Å². The molecule has 9 heteroatoms. The number of benzene rings is 3. The van der Waals surface area contributed by atoms with Gasteiger partial charge in [0.25, 0.3) is 11.8 Å². The van der Waals surface area contributed by atoms with Crippen LogP contribution in [0.15, 0.2) is 75.9 Å². The Balaban J connectivity index is 1.56. The van der Waals surface area contributed by atoms with Gasteiger partial charge in [0.15, 0.2) is 16.1 Å². The number of aryl methyl sites for hydroxylation is 3. The maximum absolute atomic E-state index is 14.9. The zero-order valence-corrected chi connectivity index (χ0v) is 23.4. The molecule has 2 aliphatic heterocycles. The van der Waals surface area contributed by atoms with Gasteiger partial charge in [-0.2, -0.15) is 0 Å². The average molecular weight is 568 g/mol. The lowest BCUT2D eigenvalue weighted by molar-refractivity contribution is -0.121. The second kappa shape index (κ2) is 8.61. The van der Waals surface area contributed by atoms with Crippen molar-refractivity contribution in [1.29, 1.82) is 0 Å². The minimum absolute atomic E-state index is 0.0252. The third-order valence-corrected chi connectivity index (χ3v) is 9.05. The Bertz CT molecular complexity index is 1940. The first kappa shape index (κ1) is 24.7. The van der Waals surface area contributed by atoms with Gasteiger partial charge in [0.05, 0.1) is 28.9 Å². The van der Waals surface area contributed by atoms with Crippen LogP contribution in [0.3, 0.4) is 0 Å². The topological polar surface area (TPSA) is 83.7 Å². The second-order valence-corrected chi connectivity index (χ2v) is 11.8. The van der Waals surface area contributed by atoms with E-state index in [0.29, 0.717) is 32.4 Å². The molecule has 7 rings (SSSR count). The van der Waals surface area contributed by atoms with Gasteiger partial charge in [-0.15, -0.1) is 11.3 Å². The number of fused-ring (bicyclic) bond motifs is 5. The Kier molecular flexibility index (Phi) is 5.33. The summed E-state index contributed by atoms with van der Waals surface area (Å²) < 4.78 is 6.16. The molecule has 2 aliphatic rings. The van der Waals surface area contributed by atoms with Gasteiger partial charge in [-0.25, -0.2) is 4.98 Å². The summed E-state index contributed by atoms with van der Waals surface area (Å²) in [5, 5.41) is 1.24. The highest BCUT2D eigenvalue weighted by molar-refractivity contribution is 7.16. The molecule has 7 nitrogen and oxygen atoms in total. The fourth-order valence-corrected chi connectivity index (χ4v) is 6.84. The van der Waals surface area contributed by atoms with Crippen molar-refractivity contribution in [2.75, 3.05) is 9.80 Å². The van der Waals surface area contributed by atoms with Gasteiger partial charge in [-0.05, 0) is 56.7 Å². The number of carbonyl (C=O) groups is 2. The molecule has 1 atom stereocenters. The fourth-order valence-electron chi connectivity index (χ4n) is 5.76. The van der Waals surface area contributed by atoms with Crippen LogP contribution >= 0.6 is 22.9 Å². The van der Waals surface area contributed by atoms with E-state index in [-0.39, 0.29) is 17.9 Å². The quantitative estimate of drug-likeness (QED) is 0.256. The Hall–Kier alpha value is -4.27. The predicted octanol–water partition coefficient (Wildman–Crippen LogP) is 6.28. The van der Waals surface area contributed by atoms with E-state index < -0.39 is 22.8 Å². The summed E-state index contributed by atoms with van der Waals surface area (Å²) in [6.45, 7) is 5.87. The highest BCUT2D eigenvalue weighted by Crippen LogP contribution is 2.54. The van der Waals surface area contributed by atoms with Crippen molar-refractivity contribution in [2.45, 2.75) is 32.9 Å². The molecule has 0 radical (unpaired) electrons. The average Bonchev–Trinajstić information content (AvgIpc) is 3.49. The monoisotopic (exact) mass is 567 g/mol. The largest absolute Gasteiger partial charge is 0.450 e. The number of rotatable bonds is 3. The van der Waals surface area contributed by atoms with Crippen molar-refractivity contribution in [3.8, 4) is 0 Å². The van der Waals surface area contributed by atoms with E-state index in [1.807, 2.05) is 57.2 Å². The molecule has 0 saturated heterocycles. The van der Waals surface area contributed by atoms with Gasteiger partial charge in [0.1, 0.15) is 5.58 Å². The smallest absolute Gasteiger partial charge is 0.297 e. The van der Waals surface area contributed by atoms with Crippen molar-refractivity contribution in [1.82, 2.24) is 4.98 Å². The molecule has 1 unspecified atom stereocenters. The number of amides is 2. The summed E-state index contributed by atoms with van der Waals surface area (Å²) in [6, 6.07) is 19.8. The zero-order valence-electron chi connectivity index (χ0n) is 21.8. The van der Waals surface area contributed by atoms with E-state index in [4.69, 9.17) is 16.0 Å². The van der Waals surface area contributed by atoms with Gasteiger partial charge in [-0.3, -0.25) is 19.3 Å². The van der Waals surface area contributed by atoms with Gasteiger partial charge in [0, 0.05) is 15.5 Å². The first-order chi connectivity index (χ1) is 19.2. The number of aromatic nitrogens is 1. The Morgan fingerprint density at radius 1 is 0.975 bits per heavy atom. The molecule has 4 heterocycles.